The first-order valence-electron chi connectivity index (χ1n) is 6.05. The van der Waals surface area contributed by atoms with Gasteiger partial charge in [0.15, 0.2) is 5.82 Å². The van der Waals surface area contributed by atoms with Crippen LogP contribution in [0.4, 0.5) is 0 Å². The van der Waals surface area contributed by atoms with Crippen LogP contribution in [-0.2, 0) is 13.0 Å². The first-order valence-corrected chi connectivity index (χ1v) is 6.05. The summed E-state index contributed by atoms with van der Waals surface area (Å²) in [5.74, 6) is 2.24. The molecule has 1 fully saturated rings. The lowest BCUT2D eigenvalue weighted by Gasteiger charge is -2.30. The molecule has 1 saturated heterocycles. The Morgan fingerprint density at radius 2 is 2.19 bits per heavy atom. The molecule has 1 aliphatic rings. The second-order valence-electron chi connectivity index (χ2n) is 4.41. The SMILES string of the molecule is CCc1nc(CN2CCC(CN)CC2)no1. The molecule has 0 saturated carbocycles. The summed E-state index contributed by atoms with van der Waals surface area (Å²) in [6.07, 6.45) is 3.19. The van der Waals surface area contributed by atoms with E-state index in [1.165, 1.54) is 12.8 Å². The van der Waals surface area contributed by atoms with Crippen molar-refractivity contribution in [3.8, 4) is 0 Å². The first kappa shape index (κ1) is 11.5. The van der Waals surface area contributed by atoms with Gasteiger partial charge in [-0.1, -0.05) is 12.1 Å². The zero-order valence-electron chi connectivity index (χ0n) is 9.85. The molecule has 5 heteroatoms. The normalized spacial score (nSPS) is 19.1. The van der Waals surface area contributed by atoms with Crippen molar-refractivity contribution in [2.24, 2.45) is 11.7 Å². The summed E-state index contributed by atoms with van der Waals surface area (Å²) < 4.78 is 5.09. The quantitative estimate of drug-likeness (QED) is 0.819. The Bertz CT molecular complexity index is 318. The summed E-state index contributed by atoms with van der Waals surface area (Å²) in [6.45, 7) is 5.83. The number of hydrogen-bond donors (Lipinski definition) is 1. The predicted octanol–water partition coefficient (Wildman–Crippen LogP) is 0.803. The third-order valence-corrected chi connectivity index (χ3v) is 3.22. The molecule has 0 bridgehead atoms. The van der Waals surface area contributed by atoms with E-state index in [9.17, 15) is 0 Å². The van der Waals surface area contributed by atoms with Gasteiger partial charge in [0.05, 0.1) is 6.54 Å². The Kier molecular flexibility index (Phi) is 3.90. The van der Waals surface area contributed by atoms with Gasteiger partial charge >= 0.3 is 0 Å². The molecule has 1 aliphatic heterocycles. The molecule has 0 spiro atoms. The third kappa shape index (κ3) is 2.80. The summed E-state index contributed by atoms with van der Waals surface area (Å²) in [6, 6.07) is 0. The standard InChI is InChI=1S/C11H20N4O/c1-2-11-13-10(14-16-11)8-15-5-3-9(7-12)4-6-15/h9H,2-8,12H2,1H3. The fourth-order valence-corrected chi connectivity index (χ4v) is 2.08. The highest BCUT2D eigenvalue weighted by Gasteiger charge is 2.19. The number of aryl methyl sites for hydroxylation is 1. The number of piperidine rings is 1. The van der Waals surface area contributed by atoms with Crippen molar-refractivity contribution in [3.05, 3.63) is 11.7 Å². The summed E-state index contributed by atoms with van der Waals surface area (Å²) in [4.78, 5) is 6.69. The van der Waals surface area contributed by atoms with Crippen molar-refractivity contribution < 1.29 is 4.52 Å². The van der Waals surface area contributed by atoms with Crippen LogP contribution in [0, 0.1) is 5.92 Å². The molecule has 0 aromatic carbocycles. The molecule has 0 amide bonds. The molecule has 0 unspecified atom stereocenters. The second kappa shape index (κ2) is 5.41. The fraction of sp³-hybridized carbons (Fsp3) is 0.818. The van der Waals surface area contributed by atoms with Crippen LogP contribution in [0.15, 0.2) is 4.52 Å². The number of hydrogen-bond acceptors (Lipinski definition) is 5. The van der Waals surface area contributed by atoms with E-state index in [1.807, 2.05) is 6.92 Å². The third-order valence-electron chi connectivity index (χ3n) is 3.22. The number of likely N-dealkylation sites (tertiary alicyclic amines) is 1. The average Bonchev–Trinajstić information content (AvgIpc) is 2.78. The van der Waals surface area contributed by atoms with Gasteiger partial charge in [-0.15, -0.1) is 0 Å². The van der Waals surface area contributed by atoms with Gasteiger partial charge in [0.1, 0.15) is 0 Å². The van der Waals surface area contributed by atoms with Crippen LogP contribution in [0.3, 0.4) is 0 Å². The van der Waals surface area contributed by atoms with E-state index < -0.39 is 0 Å². The summed E-state index contributed by atoms with van der Waals surface area (Å²) in [7, 11) is 0. The highest BCUT2D eigenvalue weighted by Crippen LogP contribution is 2.17. The van der Waals surface area contributed by atoms with Crippen molar-refractivity contribution in [2.75, 3.05) is 19.6 Å². The average molecular weight is 224 g/mol. The van der Waals surface area contributed by atoms with Crippen molar-refractivity contribution in [1.29, 1.82) is 0 Å². The lowest BCUT2D eigenvalue weighted by molar-refractivity contribution is 0.175. The first-order chi connectivity index (χ1) is 7.81. The fourth-order valence-electron chi connectivity index (χ4n) is 2.08. The molecular formula is C11H20N4O. The van der Waals surface area contributed by atoms with Crippen LogP contribution >= 0.6 is 0 Å². The summed E-state index contributed by atoms with van der Waals surface area (Å²) >= 11 is 0. The van der Waals surface area contributed by atoms with Gasteiger partial charge in [0, 0.05) is 6.42 Å². The van der Waals surface area contributed by atoms with E-state index in [1.54, 1.807) is 0 Å². The maximum atomic E-state index is 5.66. The summed E-state index contributed by atoms with van der Waals surface area (Å²) in [5.41, 5.74) is 5.66. The zero-order chi connectivity index (χ0) is 11.4. The minimum atomic E-state index is 0.702. The summed E-state index contributed by atoms with van der Waals surface area (Å²) in [5, 5.41) is 3.97. The maximum absolute atomic E-state index is 5.66. The minimum Gasteiger partial charge on any atom is -0.339 e. The van der Waals surface area contributed by atoms with Crippen LogP contribution in [-0.4, -0.2) is 34.7 Å². The van der Waals surface area contributed by atoms with Gasteiger partial charge in [-0.25, -0.2) is 0 Å². The van der Waals surface area contributed by atoms with Crippen LogP contribution in [0.1, 0.15) is 31.5 Å². The van der Waals surface area contributed by atoms with Gasteiger partial charge < -0.3 is 10.3 Å². The number of rotatable bonds is 4. The van der Waals surface area contributed by atoms with Gasteiger partial charge in [0.25, 0.3) is 0 Å². The molecule has 0 aliphatic carbocycles. The molecule has 0 radical (unpaired) electrons. The molecule has 5 nitrogen and oxygen atoms in total. The van der Waals surface area contributed by atoms with Crippen molar-refractivity contribution in [2.45, 2.75) is 32.7 Å². The second-order valence-corrected chi connectivity index (χ2v) is 4.41. The number of nitrogens with zero attached hydrogens (tertiary/aromatic N) is 3. The van der Waals surface area contributed by atoms with Crippen LogP contribution in [0.2, 0.25) is 0 Å². The Labute approximate surface area is 96.0 Å². The van der Waals surface area contributed by atoms with Gasteiger partial charge in [-0.3, -0.25) is 4.90 Å². The van der Waals surface area contributed by atoms with Gasteiger partial charge in [-0.2, -0.15) is 4.98 Å². The highest BCUT2D eigenvalue weighted by atomic mass is 16.5. The number of nitrogens with two attached hydrogens (primary N) is 1. The maximum Gasteiger partial charge on any atom is 0.226 e. The van der Waals surface area contributed by atoms with E-state index in [0.29, 0.717) is 5.92 Å². The van der Waals surface area contributed by atoms with Crippen LogP contribution in [0.25, 0.3) is 0 Å². The van der Waals surface area contributed by atoms with Crippen LogP contribution in [0.5, 0.6) is 0 Å². The molecule has 2 N–H and O–H groups in total. The van der Waals surface area contributed by atoms with E-state index in [-0.39, 0.29) is 0 Å². The lowest BCUT2D eigenvalue weighted by atomic mass is 9.97. The Morgan fingerprint density at radius 3 is 2.75 bits per heavy atom. The van der Waals surface area contributed by atoms with E-state index in [2.05, 4.69) is 15.0 Å². The highest BCUT2D eigenvalue weighted by molar-refractivity contribution is 4.87. The molecule has 0 atom stereocenters. The molecule has 16 heavy (non-hydrogen) atoms. The van der Waals surface area contributed by atoms with Gasteiger partial charge in [-0.05, 0) is 38.4 Å². The minimum absolute atomic E-state index is 0.702. The predicted molar refractivity (Wildman–Crippen MR) is 60.7 cm³/mol. The van der Waals surface area contributed by atoms with E-state index >= 15 is 0 Å². The smallest absolute Gasteiger partial charge is 0.226 e. The molecule has 2 rings (SSSR count). The van der Waals surface area contributed by atoms with Gasteiger partial charge in [0.2, 0.25) is 5.89 Å². The number of aromatic nitrogens is 2. The van der Waals surface area contributed by atoms with Crippen LogP contribution < -0.4 is 5.73 Å². The zero-order valence-corrected chi connectivity index (χ0v) is 9.85. The van der Waals surface area contributed by atoms with E-state index in [0.717, 1.165) is 44.3 Å². The molecule has 1 aromatic heterocycles. The van der Waals surface area contributed by atoms with E-state index in [4.69, 9.17) is 10.3 Å². The van der Waals surface area contributed by atoms with Crippen molar-refractivity contribution in [1.82, 2.24) is 15.0 Å². The molecule has 2 heterocycles. The van der Waals surface area contributed by atoms with Crippen molar-refractivity contribution >= 4 is 0 Å². The Balaban J connectivity index is 1.82. The monoisotopic (exact) mass is 224 g/mol. The Morgan fingerprint density at radius 1 is 1.44 bits per heavy atom. The Hall–Kier alpha value is -0.940. The van der Waals surface area contributed by atoms with Crippen molar-refractivity contribution in [3.63, 3.8) is 0 Å². The topological polar surface area (TPSA) is 68.2 Å². The largest absolute Gasteiger partial charge is 0.339 e. The molecule has 90 valence electrons. The molecular weight excluding hydrogens is 204 g/mol. The lowest BCUT2D eigenvalue weighted by Crippen LogP contribution is -2.35. The molecule has 1 aromatic rings.